The Bertz CT molecular complexity index is 387. The highest BCUT2D eigenvalue weighted by molar-refractivity contribution is 7.46. The van der Waals surface area contributed by atoms with Crippen molar-refractivity contribution < 1.29 is 32.9 Å². The number of esters is 1. The van der Waals surface area contributed by atoms with Gasteiger partial charge in [0.1, 0.15) is 12.6 Å². The number of hydrogen-bond donors (Lipinski definition) is 2. The average molecular weight is 338 g/mol. The van der Waals surface area contributed by atoms with E-state index in [1.807, 2.05) is 21.1 Å². The SMILES string of the molecule is C=CC(=O)OCCCCCCC(COP(=O)(O)O)[N+](C)(C)C. The summed E-state index contributed by atoms with van der Waals surface area (Å²) in [6.07, 6.45) is 5.60. The molecule has 0 aliphatic carbocycles. The molecule has 0 aromatic rings. The standard InChI is InChI=1S/C14H28NO6P/c1-5-14(16)20-11-9-7-6-8-10-13(15(2,3)4)12-21-22(17,18)19/h5,13H,1,6-12H2,2-4H3,(H-,17,18,19)/p+1. The Balaban J connectivity index is 3.92. The Morgan fingerprint density at radius 1 is 1.23 bits per heavy atom. The van der Waals surface area contributed by atoms with Crippen molar-refractivity contribution >= 4 is 13.8 Å². The van der Waals surface area contributed by atoms with E-state index >= 15 is 0 Å². The van der Waals surface area contributed by atoms with Gasteiger partial charge in [0, 0.05) is 12.5 Å². The molecule has 2 N–H and O–H groups in total. The molecule has 0 rings (SSSR count). The number of phosphoric acid groups is 1. The van der Waals surface area contributed by atoms with Gasteiger partial charge in [-0.15, -0.1) is 0 Å². The molecule has 1 atom stereocenters. The first-order valence-corrected chi connectivity index (χ1v) is 8.89. The molecule has 0 aromatic heterocycles. The second-order valence-electron chi connectivity index (χ2n) is 6.13. The van der Waals surface area contributed by atoms with Crippen LogP contribution in [0.2, 0.25) is 0 Å². The van der Waals surface area contributed by atoms with Gasteiger partial charge in [0.25, 0.3) is 0 Å². The van der Waals surface area contributed by atoms with E-state index in [9.17, 15) is 9.36 Å². The summed E-state index contributed by atoms with van der Waals surface area (Å²) in [4.78, 5) is 28.4. The molecular weight excluding hydrogens is 309 g/mol. The minimum absolute atomic E-state index is 0.0196. The normalized spacial score (nSPS) is 13.7. The number of phosphoric ester groups is 1. The molecule has 7 nitrogen and oxygen atoms in total. The second-order valence-corrected chi connectivity index (χ2v) is 7.37. The number of rotatable bonds is 12. The molecule has 0 aliphatic rings. The lowest BCUT2D eigenvalue weighted by atomic mass is 10.1. The molecule has 130 valence electrons. The van der Waals surface area contributed by atoms with Crippen LogP contribution >= 0.6 is 7.82 Å². The summed E-state index contributed by atoms with van der Waals surface area (Å²) in [5.41, 5.74) is 0. The fraction of sp³-hybridized carbons (Fsp3) is 0.786. The molecule has 0 saturated heterocycles. The fourth-order valence-corrected chi connectivity index (χ4v) is 2.31. The largest absolute Gasteiger partial charge is 0.469 e. The van der Waals surface area contributed by atoms with Crippen LogP contribution in [0.25, 0.3) is 0 Å². The molecule has 0 saturated carbocycles. The number of likely N-dealkylation sites (N-methyl/N-ethyl adjacent to an activating group) is 1. The van der Waals surface area contributed by atoms with Gasteiger partial charge in [0.2, 0.25) is 0 Å². The van der Waals surface area contributed by atoms with Crippen LogP contribution < -0.4 is 0 Å². The Hall–Kier alpha value is -0.720. The lowest BCUT2D eigenvalue weighted by molar-refractivity contribution is -0.896. The topological polar surface area (TPSA) is 93.1 Å². The Morgan fingerprint density at radius 2 is 1.82 bits per heavy atom. The molecule has 22 heavy (non-hydrogen) atoms. The van der Waals surface area contributed by atoms with Crippen LogP contribution in [-0.4, -0.2) is 60.6 Å². The number of ether oxygens (including phenoxy) is 1. The number of carbonyl (C=O) groups excluding carboxylic acids is 1. The Labute approximate surface area is 132 Å². The summed E-state index contributed by atoms with van der Waals surface area (Å²) in [6, 6.07) is 0.0196. The van der Waals surface area contributed by atoms with Crippen LogP contribution in [0.1, 0.15) is 32.1 Å². The molecule has 1 unspecified atom stereocenters. The van der Waals surface area contributed by atoms with E-state index in [-0.39, 0.29) is 12.6 Å². The van der Waals surface area contributed by atoms with Crippen molar-refractivity contribution in [1.82, 2.24) is 0 Å². The van der Waals surface area contributed by atoms with Gasteiger partial charge in [-0.2, -0.15) is 0 Å². The predicted molar refractivity (Wildman–Crippen MR) is 84.1 cm³/mol. The average Bonchev–Trinajstić information content (AvgIpc) is 2.37. The van der Waals surface area contributed by atoms with E-state index in [0.717, 1.165) is 38.2 Å². The molecule has 0 aliphatic heterocycles. The second kappa shape index (κ2) is 10.1. The van der Waals surface area contributed by atoms with Crippen LogP contribution in [0.15, 0.2) is 12.7 Å². The van der Waals surface area contributed by atoms with Crippen LogP contribution in [0.5, 0.6) is 0 Å². The monoisotopic (exact) mass is 338 g/mol. The van der Waals surface area contributed by atoms with Crippen molar-refractivity contribution in [2.75, 3.05) is 34.4 Å². The summed E-state index contributed by atoms with van der Waals surface area (Å²) < 4.78 is 20.9. The molecule has 0 aromatic carbocycles. The quantitative estimate of drug-likeness (QED) is 0.185. The third-order valence-corrected chi connectivity index (χ3v) is 3.86. The van der Waals surface area contributed by atoms with Crippen LogP contribution in [-0.2, 0) is 18.6 Å². The molecule has 0 fully saturated rings. The zero-order chi connectivity index (χ0) is 17.2. The smallest absolute Gasteiger partial charge is 0.463 e. The highest BCUT2D eigenvalue weighted by Gasteiger charge is 2.27. The van der Waals surface area contributed by atoms with Crippen molar-refractivity contribution in [2.45, 2.75) is 38.1 Å². The van der Waals surface area contributed by atoms with Crippen molar-refractivity contribution in [3.63, 3.8) is 0 Å². The minimum atomic E-state index is -4.42. The first-order chi connectivity index (χ1) is 10.1. The number of hydrogen-bond acceptors (Lipinski definition) is 4. The molecule has 0 radical (unpaired) electrons. The van der Waals surface area contributed by atoms with Gasteiger partial charge in [-0.25, -0.2) is 9.36 Å². The van der Waals surface area contributed by atoms with E-state index in [1.165, 1.54) is 0 Å². The Morgan fingerprint density at radius 3 is 2.32 bits per heavy atom. The third-order valence-electron chi connectivity index (χ3n) is 3.37. The summed E-state index contributed by atoms with van der Waals surface area (Å²) in [5.74, 6) is -0.403. The predicted octanol–water partition coefficient (Wildman–Crippen LogP) is 1.85. The van der Waals surface area contributed by atoms with Crippen LogP contribution in [0.4, 0.5) is 0 Å². The van der Waals surface area contributed by atoms with Crippen molar-refractivity contribution in [3.05, 3.63) is 12.7 Å². The van der Waals surface area contributed by atoms with E-state index < -0.39 is 13.8 Å². The van der Waals surface area contributed by atoms with Crippen molar-refractivity contribution in [1.29, 1.82) is 0 Å². The number of quaternary nitrogens is 1. The molecule has 0 spiro atoms. The van der Waals surface area contributed by atoms with Crippen molar-refractivity contribution in [2.24, 2.45) is 0 Å². The first kappa shape index (κ1) is 21.3. The maximum Gasteiger partial charge on any atom is 0.469 e. The van der Waals surface area contributed by atoms with Gasteiger partial charge < -0.3 is 19.0 Å². The minimum Gasteiger partial charge on any atom is -0.463 e. The van der Waals surface area contributed by atoms with E-state index in [0.29, 0.717) is 11.1 Å². The number of nitrogens with zero attached hydrogens (tertiary/aromatic N) is 1. The summed E-state index contributed by atoms with van der Waals surface area (Å²) in [6.45, 7) is 3.75. The molecule has 8 heteroatoms. The summed E-state index contributed by atoms with van der Waals surface area (Å²) >= 11 is 0. The summed E-state index contributed by atoms with van der Waals surface area (Å²) in [5, 5.41) is 0. The molecular formula is C14H29NO6P+. The van der Waals surface area contributed by atoms with E-state index in [2.05, 4.69) is 11.1 Å². The third kappa shape index (κ3) is 11.9. The van der Waals surface area contributed by atoms with Gasteiger partial charge in [-0.1, -0.05) is 19.4 Å². The lowest BCUT2D eigenvalue weighted by Crippen LogP contribution is -2.47. The van der Waals surface area contributed by atoms with Gasteiger partial charge in [0.05, 0.1) is 27.7 Å². The maximum atomic E-state index is 10.8. The van der Waals surface area contributed by atoms with Crippen LogP contribution in [0, 0.1) is 0 Å². The van der Waals surface area contributed by atoms with Gasteiger partial charge in [-0.3, -0.25) is 4.52 Å². The van der Waals surface area contributed by atoms with E-state index in [4.69, 9.17) is 14.5 Å². The lowest BCUT2D eigenvalue weighted by Gasteiger charge is -2.34. The maximum absolute atomic E-state index is 10.8. The van der Waals surface area contributed by atoms with Crippen molar-refractivity contribution in [3.8, 4) is 0 Å². The van der Waals surface area contributed by atoms with Gasteiger partial charge in [-0.05, 0) is 12.8 Å². The van der Waals surface area contributed by atoms with E-state index in [1.54, 1.807) is 0 Å². The highest BCUT2D eigenvalue weighted by atomic mass is 31.2. The highest BCUT2D eigenvalue weighted by Crippen LogP contribution is 2.36. The molecule has 0 amide bonds. The van der Waals surface area contributed by atoms with Gasteiger partial charge >= 0.3 is 13.8 Å². The Kier molecular flexibility index (Phi) is 9.80. The molecule has 0 heterocycles. The zero-order valence-electron chi connectivity index (χ0n) is 13.7. The van der Waals surface area contributed by atoms with Gasteiger partial charge in [0.15, 0.2) is 0 Å². The first-order valence-electron chi connectivity index (χ1n) is 7.36. The number of unbranched alkanes of at least 4 members (excludes halogenated alkanes) is 3. The fourth-order valence-electron chi connectivity index (χ4n) is 1.94. The summed E-state index contributed by atoms with van der Waals surface area (Å²) in [7, 11) is 1.50. The number of carbonyl (C=O) groups is 1. The van der Waals surface area contributed by atoms with Crippen LogP contribution in [0.3, 0.4) is 0 Å². The molecule has 0 bridgehead atoms. The zero-order valence-corrected chi connectivity index (χ0v) is 14.6.